The fraction of sp³-hybridized carbons (Fsp3) is 0.143. The summed E-state index contributed by atoms with van der Waals surface area (Å²) in [5, 5.41) is 0. The van der Waals surface area contributed by atoms with Gasteiger partial charge in [-0.2, -0.15) is 12.1 Å². The Labute approximate surface area is 94.1 Å². The van der Waals surface area contributed by atoms with Gasteiger partial charge in [0.2, 0.25) is 0 Å². The van der Waals surface area contributed by atoms with Crippen molar-refractivity contribution in [2.75, 3.05) is 0 Å². The van der Waals surface area contributed by atoms with Crippen LogP contribution < -0.4 is 0 Å². The number of aryl methyl sites for hydroxylation is 1. The van der Waals surface area contributed by atoms with E-state index in [0.29, 0.717) is 0 Å². The summed E-state index contributed by atoms with van der Waals surface area (Å²) in [5.74, 6) is 0. The van der Waals surface area contributed by atoms with Crippen molar-refractivity contribution >= 4 is 21.7 Å². The van der Waals surface area contributed by atoms with E-state index in [0.717, 1.165) is 15.9 Å². The van der Waals surface area contributed by atoms with Crippen LogP contribution in [0.1, 0.15) is 5.69 Å². The number of aromatic nitrogens is 2. The number of hydrogen-bond donors (Lipinski definition) is 0. The third-order valence-electron chi connectivity index (χ3n) is 1.32. The monoisotopic (exact) mass is 238 g/mol. The Bertz CT molecular complexity index is 358. The molecule has 0 spiro atoms. The number of fused-ring (bicyclic) bond motifs is 1. The van der Waals surface area contributed by atoms with E-state index >= 15 is 0 Å². The molecular weight excluding hydrogens is 233 g/mol. The van der Waals surface area contributed by atoms with Gasteiger partial charge in [-0.25, -0.2) is 4.37 Å². The van der Waals surface area contributed by atoms with Gasteiger partial charge in [0.1, 0.15) is 0 Å². The first-order valence-corrected chi connectivity index (χ1v) is 3.74. The van der Waals surface area contributed by atoms with E-state index in [1.165, 1.54) is 11.5 Å². The van der Waals surface area contributed by atoms with E-state index in [1.54, 1.807) is 12.3 Å². The van der Waals surface area contributed by atoms with Crippen LogP contribution in [0, 0.1) is 13.0 Å². The molecule has 53 valence electrons. The summed E-state index contributed by atoms with van der Waals surface area (Å²) in [6.45, 7) is 1.96. The average Bonchev–Trinajstić information content (AvgIpc) is 2.34. The molecule has 1 radical (unpaired) electrons. The van der Waals surface area contributed by atoms with Gasteiger partial charge < -0.3 is 4.98 Å². The molecule has 0 N–H and O–H groups in total. The fourth-order valence-corrected chi connectivity index (χ4v) is 1.56. The Hall–Kier alpha value is 0.144. The molecule has 0 fully saturated rings. The van der Waals surface area contributed by atoms with Crippen LogP contribution in [0.15, 0.2) is 12.3 Å². The predicted octanol–water partition coefficient (Wildman–Crippen LogP) is 1.80. The Morgan fingerprint density at radius 2 is 2.36 bits per heavy atom. The molecule has 0 amide bonds. The van der Waals surface area contributed by atoms with Crippen LogP contribution in [0.3, 0.4) is 0 Å². The summed E-state index contributed by atoms with van der Waals surface area (Å²) in [6, 6.07) is 4.87. The number of nitrogens with zero attached hydrogens (tertiary/aromatic N) is 2. The molecular formula is C7H5N2SY-. The van der Waals surface area contributed by atoms with Gasteiger partial charge >= 0.3 is 0 Å². The standard InChI is InChI=1S/C7H5N2S.Y/c1-5-7-6(10-9-5)3-2-4-8-7;/h2,4H,1H3;/q-1;. The summed E-state index contributed by atoms with van der Waals surface area (Å²) in [7, 11) is 0. The van der Waals surface area contributed by atoms with Gasteiger partial charge in [0.05, 0.1) is 0 Å². The molecule has 2 aromatic rings. The molecule has 2 nitrogen and oxygen atoms in total. The van der Waals surface area contributed by atoms with Crippen molar-refractivity contribution in [3.05, 3.63) is 24.0 Å². The van der Waals surface area contributed by atoms with Gasteiger partial charge in [-0.05, 0) is 17.1 Å². The van der Waals surface area contributed by atoms with Crippen molar-refractivity contribution in [2.24, 2.45) is 0 Å². The molecule has 0 saturated heterocycles. The average molecular weight is 238 g/mol. The first kappa shape index (κ1) is 9.23. The zero-order chi connectivity index (χ0) is 6.97. The third-order valence-corrected chi connectivity index (χ3v) is 2.18. The molecule has 0 atom stereocenters. The fourth-order valence-electron chi connectivity index (χ4n) is 0.836. The van der Waals surface area contributed by atoms with Gasteiger partial charge in [-0.15, -0.1) is 0 Å². The largest absolute Gasteiger partial charge is 0.380 e. The van der Waals surface area contributed by atoms with Crippen LogP contribution in [0.5, 0.6) is 0 Å². The normalized spacial score (nSPS) is 9.55. The van der Waals surface area contributed by atoms with Crippen LogP contribution in [0.4, 0.5) is 0 Å². The van der Waals surface area contributed by atoms with E-state index in [4.69, 9.17) is 0 Å². The summed E-state index contributed by atoms with van der Waals surface area (Å²) in [6.07, 6.45) is 1.74. The number of pyridine rings is 1. The molecule has 11 heavy (non-hydrogen) atoms. The maximum Gasteiger partial charge on any atom is 0.0215 e. The second-order valence-corrected chi connectivity index (χ2v) is 2.81. The molecule has 0 aliphatic heterocycles. The number of hydrogen-bond acceptors (Lipinski definition) is 3. The summed E-state index contributed by atoms with van der Waals surface area (Å²) < 4.78 is 5.19. The first-order valence-electron chi connectivity index (χ1n) is 2.96. The van der Waals surface area contributed by atoms with Crippen molar-refractivity contribution < 1.29 is 32.7 Å². The van der Waals surface area contributed by atoms with Gasteiger partial charge in [0, 0.05) is 38.4 Å². The zero-order valence-electron chi connectivity index (χ0n) is 6.03. The molecule has 2 aromatic heterocycles. The summed E-state index contributed by atoms with van der Waals surface area (Å²) in [5.41, 5.74) is 1.98. The molecule has 2 heterocycles. The van der Waals surface area contributed by atoms with Crippen LogP contribution in [0.2, 0.25) is 0 Å². The molecule has 0 saturated carbocycles. The third kappa shape index (κ3) is 1.66. The van der Waals surface area contributed by atoms with Crippen molar-refractivity contribution in [1.29, 1.82) is 0 Å². The smallest absolute Gasteiger partial charge is 0.0215 e. The van der Waals surface area contributed by atoms with E-state index in [9.17, 15) is 0 Å². The molecule has 0 bridgehead atoms. The molecule has 2 rings (SSSR count). The Morgan fingerprint density at radius 1 is 1.55 bits per heavy atom. The molecule has 0 aliphatic rings. The van der Waals surface area contributed by atoms with E-state index in [2.05, 4.69) is 15.4 Å². The van der Waals surface area contributed by atoms with Crippen molar-refractivity contribution in [3.63, 3.8) is 0 Å². The summed E-state index contributed by atoms with van der Waals surface area (Å²) >= 11 is 1.45. The second kappa shape index (κ2) is 3.70. The molecule has 0 aromatic carbocycles. The Morgan fingerprint density at radius 3 is 3.09 bits per heavy atom. The minimum atomic E-state index is 0. The predicted molar refractivity (Wildman–Crippen MR) is 41.0 cm³/mol. The van der Waals surface area contributed by atoms with Crippen LogP contribution in [-0.4, -0.2) is 9.36 Å². The molecule has 0 aliphatic carbocycles. The van der Waals surface area contributed by atoms with Crippen molar-refractivity contribution in [2.45, 2.75) is 6.92 Å². The Balaban J connectivity index is 0.000000605. The first-order chi connectivity index (χ1) is 4.88. The van der Waals surface area contributed by atoms with Gasteiger partial charge in [0.25, 0.3) is 0 Å². The zero-order valence-corrected chi connectivity index (χ0v) is 9.69. The van der Waals surface area contributed by atoms with Gasteiger partial charge in [0.15, 0.2) is 0 Å². The minimum Gasteiger partial charge on any atom is -0.380 e. The quantitative estimate of drug-likeness (QED) is 0.654. The SMILES string of the molecule is Cc1nsc2[c-]ccnc12.[Y]. The maximum atomic E-state index is 4.16. The van der Waals surface area contributed by atoms with E-state index < -0.39 is 0 Å². The van der Waals surface area contributed by atoms with Crippen molar-refractivity contribution in [3.8, 4) is 0 Å². The summed E-state index contributed by atoms with van der Waals surface area (Å²) in [4.78, 5) is 4.16. The minimum absolute atomic E-state index is 0. The van der Waals surface area contributed by atoms with E-state index in [-0.39, 0.29) is 32.7 Å². The van der Waals surface area contributed by atoms with Gasteiger partial charge in [-0.3, -0.25) is 0 Å². The Kier molecular flexibility index (Phi) is 3.10. The van der Waals surface area contributed by atoms with Crippen LogP contribution >= 0.6 is 11.5 Å². The van der Waals surface area contributed by atoms with Crippen molar-refractivity contribution in [1.82, 2.24) is 9.36 Å². The molecule has 0 unspecified atom stereocenters. The topological polar surface area (TPSA) is 25.8 Å². The maximum absolute atomic E-state index is 4.16. The van der Waals surface area contributed by atoms with E-state index in [1.807, 2.05) is 6.92 Å². The van der Waals surface area contributed by atoms with Crippen LogP contribution in [-0.2, 0) is 32.7 Å². The van der Waals surface area contributed by atoms with Crippen LogP contribution in [0.25, 0.3) is 10.2 Å². The molecule has 4 heteroatoms. The second-order valence-electron chi connectivity index (χ2n) is 2.03. The number of rotatable bonds is 0. The van der Waals surface area contributed by atoms with Gasteiger partial charge in [-0.1, -0.05) is 17.7 Å².